The van der Waals surface area contributed by atoms with Gasteiger partial charge in [-0.15, -0.1) is 0 Å². The molecule has 2 N–H and O–H groups in total. The van der Waals surface area contributed by atoms with Gasteiger partial charge in [0.25, 0.3) is 0 Å². The first kappa shape index (κ1) is 22.8. The average Bonchev–Trinajstić information content (AvgIpc) is 3.15. The maximum absolute atomic E-state index is 12.7. The molecule has 0 aliphatic heterocycles. The smallest absolute Gasteiger partial charge is 0.356 e. The molecule has 1 aromatic carbocycles. The molecule has 1 aliphatic carbocycles. The second kappa shape index (κ2) is 10.9. The summed E-state index contributed by atoms with van der Waals surface area (Å²) in [5.41, 5.74) is 0.955. The van der Waals surface area contributed by atoms with Gasteiger partial charge < -0.3 is 19.9 Å². The van der Waals surface area contributed by atoms with Gasteiger partial charge in [-0.05, 0) is 24.3 Å². The van der Waals surface area contributed by atoms with Gasteiger partial charge in [-0.25, -0.2) is 9.48 Å². The van der Waals surface area contributed by atoms with Crippen molar-refractivity contribution in [2.75, 3.05) is 6.61 Å². The van der Waals surface area contributed by atoms with Gasteiger partial charge in [0.2, 0.25) is 11.8 Å². The largest absolute Gasteiger partial charge is 0.478 e. The summed E-state index contributed by atoms with van der Waals surface area (Å²) in [4.78, 5) is 24.0. The van der Waals surface area contributed by atoms with E-state index in [9.17, 15) is 14.7 Å². The van der Waals surface area contributed by atoms with Gasteiger partial charge in [-0.3, -0.25) is 4.79 Å². The van der Waals surface area contributed by atoms with Crippen molar-refractivity contribution in [3.63, 3.8) is 0 Å². The van der Waals surface area contributed by atoms with Crippen LogP contribution in [0.3, 0.4) is 0 Å². The van der Waals surface area contributed by atoms with Gasteiger partial charge >= 0.3 is 5.97 Å². The molecular weight excluding hydrogens is 398 g/mol. The number of nitrogens with zero attached hydrogens (tertiary/aromatic N) is 2. The Labute approximate surface area is 182 Å². The standard InChI is InChI=1S/C23H31N3O5/c1-16(2)14-31-22-12-19(23(28)29)25-26(22)13-21(27)24-18-10-6-7-11-20(18)30-15-17-8-4-3-5-9-17/h3-5,8-9,12,16,18,20H,6-7,10-11,13-15H2,1-2H3,(H,24,27)(H,28,29). The van der Waals surface area contributed by atoms with E-state index in [0.29, 0.717) is 13.2 Å². The summed E-state index contributed by atoms with van der Waals surface area (Å²) in [5.74, 6) is -0.859. The third-order valence-electron chi connectivity index (χ3n) is 5.18. The normalized spacial score (nSPS) is 18.7. The lowest BCUT2D eigenvalue weighted by Gasteiger charge is -2.32. The van der Waals surface area contributed by atoms with Crippen LogP contribution in [-0.2, 0) is 22.7 Å². The van der Waals surface area contributed by atoms with E-state index >= 15 is 0 Å². The maximum Gasteiger partial charge on any atom is 0.356 e. The van der Waals surface area contributed by atoms with Crippen molar-refractivity contribution in [3.8, 4) is 5.88 Å². The number of hydrogen-bond donors (Lipinski definition) is 2. The molecule has 168 valence electrons. The second-order valence-electron chi connectivity index (χ2n) is 8.33. The summed E-state index contributed by atoms with van der Waals surface area (Å²) in [6.07, 6.45) is 3.79. The monoisotopic (exact) mass is 429 g/mol. The summed E-state index contributed by atoms with van der Waals surface area (Å²) >= 11 is 0. The van der Waals surface area contributed by atoms with Crippen molar-refractivity contribution in [1.82, 2.24) is 15.1 Å². The number of rotatable bonds is 10. The molecule has 8 nitrogen and oxygen atoms in total. The van der Waals surface area contributed by atoms with Crippen molar-refractivity contribution in [2.24, 2.45) is 5.92 Å². The highest BCUT2D eigenvalue weighted by molar-refractivity contribution is 5.85. The molecule has 31 heavy (non-hydrogen) atoms. The van der Waals surface area contributed by atoms with Crippen LogP contribution in [0.5, 0.6) is 5.88 Å². The predicted molar refractivity (Wildman–Crippen MR) is 115 cm³/mol. The van der Waals surface area contributed by atoms with Crippen LogP contribution in [0.2, 0.25) is 0 Å². The van der Waals surface area contributed by atoms with Gasteiger partial charge in [0.1, 0.15) is 6.54 Å². The van der Waals surface area contributed by atoms with Crippen molar-refractivity contribution in [2.45, 2.75) is 64.8 Å². The molecule has 0 bridgehead atoms. The lowest BCUT2D eigenvalue weighted by atomic mass is 9.92. The van der Waals surface area contributed by atoms with Gasteiger partial charge in [0, 0.05) is 6.07 Å². The molecular formula is C23H31N3O5. The number of carboxylic acid groups (broad SMARTS) is 1. The molecule has 1 saturated carbocycles. The van der Waals surface area contributed by atoms with Crippen molar-refractivity contribution >= 4 is 11.9 Å². The number of nitrogens with one attached hydrogen (secondary N) is 1. The number of carbonyl (C=O) groups is 2. The van der Waals surface area contributed by atoms with E-state index in [0.717, 1.165) is 31.2 Å². The molecule has 8 heteroatoms. The van der Waals surface area contributed by atoms with Crippen LogP contribution in [0.4, 0.5) is 0 Å². The first-order valence-corrected chi connectivity index (χ1v) is 10.8. The minimum Gasteiger partial charge on any atom is -0.478 e. The lowest BCUT2D eigenvalue weighted by Crippen LogP contribution is -2.47. The first-order valence-electron chi connectivity index (χ1n) is 10.8. The lowest BCUT2D eigenvalue weighted by molar-refractivity contribution is -0.124. The Morgan fingerprint density at radius 3 is 2.68 bits per heavy atom. The average molecular weight is 430 g/mol. The summed E-state index contributed by atoms with van der Waals surface area (Å²) < 4.78 is 13.1. The fraction of sp³-hybridized carbons (Fsp3) is 0.522. The zero-order valence-electron chi connectivity index (χ0n) is 18.1. The Morgan fingerprint density at radius 1 is 1.23 bits per heavy atom. The van der Waals surface area contributed by atoms with E-state index in [1.807, 2.05) is 44.2 Å². The van der Waals surface area contributed by atoms with E-state index in [-0.39, 0.29) is 42.1 Å². The van der Waals surface area contributed by atoms with Crippen molar-refractivity contribution < 1.29 is 24.2 Å². The molecule has 1 amide bonds. The van der Waals surface area contributed by atoms with Crippen LogP contribution < -0.4 is 10.1 Å². The number of amides is 1. The molecule has 0 radical (unpaired) electrons. The number of hydrogen-bond acceptors (Lipinski definition) is 5. The number of carboxylic acids is 1. The predicted octanol–water partition coefficient (Wildman–Crippen LogP) is 3.26. The Hall–Kier alpha value is -2.87. The van der Waals surface area contributed by atoms with Crippen LogP contribution in [-0.4, -0.2) is 45.5 Å². The number of aromatic nitrogens is 2. The third kappa shape index (κ3) is 6.82. The number of ether oxygens (including phenoxy) is 2. The molecule has 0 saturated heterocycles. The zero-order valence-corrected chi connectivity index (χ0v) is 18.1. The van der Waals surface area contributed by atoms with Gasteiger partial charge in [-0.2, -0.15) is 5.10 Å². The minimum atomic E-state index is -1.16. The molecule has 0 spiro atoms. The highest BCUT2D eigenvalue weighted by atomic mass is 16.5. The Bertz CT molecular complexity index is 865. The summed E-state index contributed by atoms with van der Waals surface area (Å²) in [6.45, 7) is 4.79. The van der Waals surface area contributed by atoms with E-state index in [2.05, 4.69) is 10.4 Å². The van der Waals surface area contributed by atoms with E-state index in [1.54, 1.807) is 0 Å². The van der Waals surface area contributed by atoms with E-state index < -0.39 is 5.97 Å². The molecule has 3 rings (SSSR count). The fourth-order valence-electron chi connectivity index (χ4n) is 3.61. The summed E-state index contributed by atoms with van der Waals surface area (Å²) in [5, 5.41) is 16.3. The molecule has 2 unspecified atom stereocenters. The minimum absolute atomic E-state index is 0.0539. The molecule has 1 fully saturated rings. The van der Waals surface area contributed by atoms with Gasteiger partial charge in [-0.1, -0.05) is 57.0 Å². The number of benzene rings is 1. The van der Waals surface area contributed by atoms with Crippen LogP contribution in [0.25, 0.3) is 0 Å². The highest BCUT2D eigenvalue weighted by Crippen LogP contribution is 2.23. The SMILES string of the molecule is CC(C)COc1cc(C(=O)O)nn1CC(=O)NC1CCCCC1OCc1ccccc1. The van der Waals surface area contributed by atoms with Crippen LogP contribution in [0.1, 0.15) is 55.6 Å². The summed E-state index contributed by atoms with van der Waals surface area (Å²) in [7, 11) is 0. The molecule has 1 aromatic heterocycles. The number of aromatic carboxylic acids is 1. The molecule has 1 aliphatic rings. The Morgan fingerprint density at radius 2 is 1.97 bits per heavy atom. The molecule has 2 aromatic rings. The van der Waals surface area contributed by atoms with Crippen molar-refractivity contribution in [1.29, 1.82) is 0 Å². The maximum atomic E-state index is 12.7. The first-order chi connectivity index (χ1) is 14.9. The van der Waals surface area contributed by atoms with Crippen LogP contribution >= 0.6 is 0 Å². The van der Waals surface area contributed by atoms with Gasteiger partial charge in [0.05, 0.1) is 25.4 Å². The van der Waals surface area contributed by atoms with Crippen molar-refractivity contribution in [3.05, 3.63) is 47.7 Å². The topological polar surface area (TPSA) is 103 Å². The highest BCUT2D eigenvalue weighted by Gasteiger charge is 2.28. The molecule has 1 heterocycles. The Balaban J connectivity index is 1.61. The van der Waals surface area contributed by atoms with E-state index in [4.69, 9.17) is 9.47 Å². The Kier molecular flexibility index (Phi) is 8.06. The van der Waals surface area contributed by atoms with Crippen LogP contribution in [0.15, 0.2) is 36.4 Å². The van der Waals surface area contributed by atoms with Gasteiger partial charge in [0.15, 0.2) is 5.69 Å². The summed E-state index contributed by atoms with van der Waals surface area (Å²) in [6, 6.07) is 11.2. The van der Waals surface area contributed by atoms with Crippen LogP contribution in [0, 0.1) is 5.92 Å². The molecule has 2 atom stereocenters. The third-order valence-corrected chi connectivity index (χ3v) is 5.18. The van der Waals surface area contributed by atoms with E-state index in [1.165, 1.54) is 10.7 Å². The quantitative estimate of drug-likeness (QED) is 0.601. The number of carbonyl (C=O) groups excluding carboxylic acids is 1. The zero-order chi connectivity index (χ0) is 22.2. The second-order valence-corrected chi connectivity index (χ2v) is 8.33. The fourth-order valence-corrected chi connectivity index (χ4v) is 3.61.